The van der Waals surface area contributed by atoms with Crippen molar-refractivity contribution in [3.8, 4) is 11.5 Å². The molecule has 24 heavy (non-hydrogen) atoms. The van der Waals surface area contributed by atoms with E-state index in [0.717, 1.165) is 11.3 Å². The molecule has 0 radical (unpaired) electrons. The van der Waals surface area contributed by atoms with Crippen molar-refractivity contribution in [1.82, 2.24) is 5.43 Å². The maximum atomic E-state index is 11.7. The summed E-state index contributed by atoms with van der Waals surface area (Å²) in [7, 11) is 0. The molecule has 0 saturated heterocycles. The van der Waals surface area contributed by atoms with Crippen LogP contribution in [0.5, 0.6) is 11.5 Å². The summed E-state index contributed by atoms with van der Waals surface area (Å²) < 4.78 is 5.29. The topological polar surface area (TPSA) is 83.0 Å². The number of amides is 1. The number of carbonyl (C=O) groups excluding carboxylic acids is 1. The van der Waals surface area contributed by atoms with Crippen LogP contribution in [0, 0.1) is 6.92 Å². The smallest absolute Gasteiger partial charge is 0.259 e. The van der Waals surface area contributed by atoms with E-state index in [2.05, 4.69) is 15.8 Å². The number of hydrazone groups is 1. The number of hydrogen-bond donors (Lipinski definition) is 3. The van der Waals surface area contributed by atoms with Gasteiger partial charge >= 0.3 is 0 Å². The lowest BCUT2D eigenvalue weighted by Crippen LogP contribution is -2.25. The number of nitrogens with one attached hydrogen (secondary N) is 2. The fraction of sp³-hybridized carbons (Fsp3) is 0.222. The van der Waals surface area contributed by atoms with E-state index in [1.165, 1.54) is 12.3 Å². The van der Waals surface area contributed by atoms with Crippen molar-refractivity contribution < 1.29 is 14.6 Å². The van der Waals surface area contributed by atoms with Crippen LogP contribution in [0.1, 0.15) is 18.1 Å². The van der Waals surface area contributed by atoms with Gasteiger partial charge in [-0.15, -0.1) is 0 Å². The van der Waals surface area contributed by atoms with E-state index in [-0.39, 0.29) is 18.2 Å². The highest BCUT2D eigenvalue weighted by Gasteiger charge is 2.03. The quantitative estimate of drug-likeness (QED) is 0.539. The van der Waals surface area contributed by atoms with Crippen LogP contribution >= 0.6 is 0 Å². The third-order valence-electron chi connectivity index (χ3n) is 3.19. The van der Waals surface area contributed by atoms with Crippen LogP contribution < -0.4 is 15.5 Å². The first-order valence-corrected chi connectivity index (χ1v) is 7.66. The molecule has 2 aromatic rings. The van der Waals surface area contributed by atoms with E-state index < -0.39 is 0 Å². The van der Waals surface area contributed by atoms with Gasteiger partial charge in [-0.05, 0) is 49.7 Å². The predicted molar refractivity (Wildman–Crippen MR) is 94.7 cm³/mol. The van der Waals surface area contributed by atoms with E-state index in [1.54, 1.807) is 12.1 Å². The number of aromatic hydroxyl groups is 1. The van der Waals surface area contributed by atoms with Crippen molar-refractivity contribution in [3.05, 3.63) is 53.6 Å². The second-order valence-corrected chi connectivity index (χ2v) is 5.17. The molecule has 6 heteroatoms. The van der Waals surface area contributed by atoms with E-state index >= 15 is 0 Å². The molecule has 0 unspecified atom stereocenters. The molecule has 0 heterocycles. The summed E-state index contributed by atoms with van der Waals surface area (Å²) in [5, 5.41) is 16.5. The number of carbonyl (C=O) groups is 1. The van der Waals surface area contributed by atoms with Crippen LogP contribution in [-0.2, 0) is 4.79 Å². The Hall–Kier alpha value is -3.02. The summed E-state index contributed by atoms with van der Waals surface area (Å²) in [4.78, 5) is 11.7. The van der Waals surface area contributed by atoms with Gasteiger partial charge in [0.1, 0.15) is 0 Å². The predicted octanol–water partition coefficient (Wildman–Crippen LogP) is 2.66. The number of nitrogens with zero attached hydrogens (tertiary/aromatic N) is 1. The Balaban J connectivity index is 1.83. The zero-order chi connectivity index (χ0) is 17.4. The zero-order valence-electron chi connectivity index (χ0n) is 13.7. The van der Waals surface area contributed by atoms with E-state index in [1.807, 2.05) is 38.1 Å². The third kappa shape index (κ3) is 5.31. The Morgan fingerprint density at radius 1 is 1.25 bits per heavy atom. The monoisotopic (exact) mass is 327 g/mol. The fourth-order valence-corrected chi connectivity index (χ4v) is 1.95. The summed E-state index contributed by atoms with van der Waals surface area (Å²) in [6, 6.07) is 12.6. The third-order valence-corrected chi connectivity index (χ3v) is 3.19. The van der Waals surface area contributed by atoms with Gasteiger partial charge in [0.05, 0.1) is 19.4 Å². The van der Waals surface area contributed by atoms with Gasteiger partial charge in [0.2, 0.25) is 0 Å². The molecule has 0 spiro atoms. The number of ether oxygens (including phenoxy) is 1. The molecule has 0 aliphatic heterocycles. The molecule has 3 N–H and O–H groups in total. The average Bonchev–Trinajstić information content (AvgIpc) is 2.57. The van der Waals surface area contributed by atoms with Crippen LogP contribution in [0.2, 0.25) is 0 Å². The Labute approximate surface area is 141 Å². The summed E-state index contributed by atoms with van der Waals surface area (Å²) in [5.41, 5.74) is 5.19. The highest BCUT2D eigenvalue weighted by molar-refractivity contribution is 5.84. The van der Waals surface area contributed by atoms with Crippen LogP contribution in [0.15, 0.2) is 47.6 Å². The lowest BCUT2D eigenvalue weighted by atomic mass is 10.2. The van der Waals surface area contributed by atoms with Gasteiger partial charge in [0.25, 0.3) is 5.91 Å². The van der Waals surface area contributed by atoms with Gasteiger partial charge in [-0.1, -0.05) is 17.7 Å². The van der Waals surface area contributed by atoms with Gasteiger partial charge in [0, 0.05) is 5.69 Å². The minimum Gasteiger partial charge on any atom is -0.504 e. The van der Waals surface area contributed by atoms with Crippen molar-refractivity contribution in [2.24, 2.45) is 5.10 Å². The number of phenols is 1. The van der Waals surface area contributed by atoms with Crippen LogP contribution in [0.25, 0.3) is 0 Å². The number of aryl methyl sites for hydroxylation is 1. The SMILES string of the molecule is CCOc1cc(/C=N/NC(=O)CNc2ccc(C)cc2)ccc1O. The number of phenolic OH excluding ortho intramolecular Hbond substituents is 1. The van der Waals surface area contributed by atoms with Crippen LogP contribution in [0.4, 0.5) is 5.69 Å². The van der Waals surface area contributed by atoms with Crippen molar-refractivity contribution in [1.29, 1.82) is 0 Å². The highest BCUT2D eigenvalue weighted by atomic mass is 16.5. The molecule has 2 rings (SSSR count). The largest absolute Gasteiger partial charge is 0.504 e. The molecule has 0 aromatic heterocycles. The lowest BCUT2D eigenvalue weighted by Gasteiger charge is -2.06. The second kappa shape index (κ2) is 8.57. The number of anilines is 1. The average molecular weight is 327 g/mol. The van der Waals surface area contributed by atoms with Gasteiger partial charge in [-0.2, -0.15) is 5.10 Å². The summed E-state index contributed by atoms with van der Waals surface area (Å²) in [6.45, 7) is 4.42. The van der Waals surface area contributed by atoms with Crippen molar-refractivity contribution in [2.45, 2.75) is 13.8 Å². The molecule has 2 aromatic carbocycles. The van der Waals surface area contributed by atoms with Crippen LogP contribution in [0.3, 0.4) is 0 Å². The fourth-order valence-electron chi connectivity index (χ4n) is 1.95. The number of hydrogen-bond acceptors (Lipinski definition) is 5. The maximum absolute atomic E-state index is 11.7. The van der Waals surface area contributed by atoms with Crippen molar-refractivity contribution >= 4 is 17.8 Å². The molecule has 0 atom stereocenters. The molecule has 0 fully saturated rings. The first kappa shape index (κ1) is 17.3. The molecule has 0 aliphatic carbocycles. The lowest BCUT2D eigenvalue weighted by molar-refractivity contribution is -0.119. The van der Waals surface area contributed by atoms with E-state index in [4.69, 9.17) is 4.74 Å². The van der Waals surface area contributed by atoms with E-state index in [9.17, 15) is 9.90 Å². The first-order chi connectivity index (χ1) is 11.6. The summed E-state index contributed by atoms with van der Waals surface area (Å²) in [6.07, 6.45) is 1.49. The Bertz CT molecular complexity index is 712. The summed E-state index contributed by atoms with van der Waals surface area (Å²) in [5.74, 6) is 0.199. The molecule has 0 aliphatic rings. The van der Waals surface area contributed by atoms with Gasteiger partial charge in [0.15, 0.2) is 11.5 Å². The maximum Gasteiger partial charge on any atom is 0.259 e. The van der Waals surface area contributed by atoms with Gasteiger partial charge < -0.3 is 15.2 Å². The minimum atomic E-state index is -0.254. The molecule has 0 saturated carbocycles. The minimum absolute atomic E-state index is 0.0698. The van der Waals surface area contributed by atoms with E-state index in [0.29, 0.717) is 17.9 Å². The zero-order valence-corrected chi connectivity index (χ0v) is 13.7. The Kier molecular flexibility index (Phi) is 6.19. The standard InChI is InChI=1S/C18H21N3O3/c1-3-24-17-10-14(6-9-16(17)22)11-20-21-18(23)12-19-15-7-4-13(2)5-8-15/h4-11,19,22H,3,12H2,1-2H3,(H,21,23)/b20-11+. The van der Waals surface area contributed by atoms with Crippen molar-refractivity contribution in [3.63, 3.8) is 0 Å². The number of benzene rings is 2. The molecule has 6 nitrogen and oxygen atoms in total. The van der Waals surface area contributed by atoms with Crippen molar-refractivity contribution in [2.75, 3.05) is 18.5 Å². The molecule has 1 amide bonds. The number of rotatable bonds is 7. The summed E-state index contributed by atoms with van der Waals surface area (Å²) >= 11 is 0. The normalized spacial score (nSPS) is 10.6. The first-order valence-electron chi connectivity index (χ1n) is 7.66. The highest BCUT2D eigenvalue weighted by Crippen LogP contribution is 2.26. The Morgan fingerprint density at radius 3 is 2.71 bits per heavy atom. The second-order valence-electron chi connectivity index (χ2n) is 5.17. The van der Waals surface area contributed by atoms with Crippen LogP contribution in [-0.4, -0.2) is 30.4 Å². The molecule has 126 valence electrons. The van der Waals surface area contributed by atoms with Gasteiger partial charge in [-0.3, -0.25) is 4.79 Å². The Morgan fingerprint density at radius 2 is 2.00 bits per heavy atom. The van der Waals surface area contributed by atoms with Gasteiger partial charge in [-0.25, -0.2) is 5.43 Å². The molecular formula is C18H21N3O3. The molecule has 0 bridgehead atoms. The molecular weight excluding hydrogens is 306 g/mol.